The number of pyridine rings is 1. The molecule has 1 unspecified atom stereocenters. The minimum Gasteiger partial charge on any atom is -0.329 e. The van der Waals surface area contributed by atoms with E-state index in [2.05, 4.69) is 43.8 Å². The van der Waals surface area contributed by atoms with E-state index in [0.29, 0.717) is 6.54 Å². The van der Waals surface area contributed by atoms with Gasteiger partial charge < -0.3 is 5.73 Å². The molecular weight excluding hydrogens is 198 g/mol. The molecule has 1 rings (SSSR count). The summed E-state index contributed by atoms with van der Waals surface area (Å²) in [6, 6.07) is 4.31. The Morgan fingerprint density at radius 1 is 1.44 bits per heavy atom. The lowest BCUT2D eigenvalue weighted by atomic mass is 9.95. The summed E-state index contributed by atoms with van der Waals surface area (Å²) in [5.74, 6) is 0. The molecule has 0 aromatic carbocycles. The Kier molecular flexibility index (Phi) is 4.44. The van der Waals surface area contributed by atoms with Crippen LogP contribution < -0.4 is 5.73 Å². The van der Waals surface area contributed by atoms with Crippen molar-refractivity contribution in [1.29, 1.82) is 0 Å². The lowest BCUT2D eigenvalue weighted by molar-refractivity contribution is 0.175. The molecule has 0 spiro atoms. The summed E-state index contributed by atoms with van der Waals surface area (Å²) in [6.45, 7) is 8.35. The number of nitrogens with zero attached hydrogens (tertiary/aromatic N) is 2. The molecule has 0 bridgehead atoms. The Morgan fingerprint density at radius 2 is 2.12 bits per heavy atom. The van der Waals surface area contributed by atoms with Crippen LogP contribution >= 0.6 is 0 Å². The predicted octanol–water partition coefficient (Wildman–Crippen LogP) is 2.06. The smallest absolute Gasteiger partial charge is 0.0482 e. The van der Waals surface area contributed by atoms with Gasteiger partial charge in [0, 0.05) is 31.5 Å². The van der Waals surface area contributed by atoms with E-state index < -0.39 is 0 Å². The van der Waals surface area contributed by atoms with E-state index in [0.717, 1.165) is 6.54 Å². The Balaban J connectivity index is 2.75. The molecule has 0 aliphatic carbocycles. The maximum absolute atomic E-state index is 5.86. The summed E-state index contributed by atoms with van der Waals surface area (Å²) in [7, 11) is 2.12. The minimum atomic E-state index is 0.257. The van der Waals surface area contributed by atoms with Crippen molar-refractivity contribution in [1.82, 2.24) is 9.88 Å². The van der Waals surface area contributed by atoms with E-state index in [1.54, 1.807) is 6.20 Å². The molecule has 90 valence electrons. The second kappa shape index (κ2) is 5.41. The first kappa shape index (κ1) is 13.1. The topological polar surface area (TPSA) is 42.1 Å². The second-order valence-electron chi connectivity index (χ2n) is 5.51. The molecule has 0 amide bonds. The number of aromatic nitrogens is 1. The van der Waals surface area contributed by atoms with Crippen molar-refractivity contribution in [2.75, 3.05) is 20.1 Å². The first-order valence-corrected chi connectivity index (χ1v) is 5.74. The fraction of sp³-hybridized carbons (Fsp3) is 0.615. The summed E-state index contributed by atoms with van der Waals surface area (Å²) < 4.78 is 0. The highest BCUT2D eigenvalue weighted by Crippen LogP contribution is 2.22. The quantitative estimate of drug-likeness (QED) is 0.846. The van der Waals surface area contributed by atoms with Crippen LogP contribution in [0.3, 0.4) is 0 Å². The molecule has 1 aromatic rings. The van der Waals surface area contributed by atoms with E-state index in [1.165, 1.54) is 5.56 Å². The molecule has 0 saturated carbocycles. The van der Waals surface area contributed by atoms with Gasteiger partial charge in [-0.15, -0.1) is 0 Å². The van der Waals surface area contributed by atoms with Crippen LogP contribution in [0.1, 0.15) is 32.4 Å². The van der Waals surface area contributed by atoms with Gasteiger partial charge in [-0.2, -0.15) is 0 Å². The number of rotatable bonds is 4. The van der Waals surface area contributed by atoms with Gasteiger partial charge in [-0.25, -0.2) is 0 Å². The zero-order chi connectivity index (χ0) is 12.2. The normalized spacial score (nSPS) is 14.1. The maximum atomic E-state index is 5.86. The lowest BCUT2D eigenvalue weighted by Gasteiger charge is -2.32. The SMILES string of the molecule is CN(CC(C)(C)C)C(CN)c1cccnc1. The summed E-state index contributed by atoms with van der Waals surface area (Å²) in [4.78, 5) is 6.45. The molecule has 0 saturated heterocycles. The van der Waals surface area contributed by atoms with E-state index >= 15 is 0 Å². The van der Waals surface area contributed by atoms with Crippen LogP contribution in [-0.2, 0) is 0 Å². The van der Waals surface area contributed by atoms with Crippen molar-refractivity contribution < 1.29 is 0 Å². The first-order chi connectivity index (χ1) is 7.44. The molecule has 0 aliphatic heterocycles. The predicted molar refractivity (Wildman–Crippen MR) is 68.1 cm³/mol. The van der Waals surface area contributed by atoms with Gasteiger partial charge in [0.05, 0.1) is 0 Å². The first-order valence-electron chi connectivity index (χ1n) is 5.74. The van der Waals surface area contributed by atoms with Crippen LogP contribution in [0.4, 0.5) is 0 Å². The maximum Gasteiger partial charge on any atom is 0.0482 e. The van der Waals surface area contributed by atoms with Gasteiger partial charge in [-0.1, -0.05) is 26.8 Å². The summed E-state index contributed by atoms with van der Waals surface area (Å²) in [5, 5.41) is 0. The third-order valence-electron chi connectivity index (χ3n) is 2.55. The van der Waals surface area contributed by atoms with E-state index in [9.17, 15) is 0 Å². The van der Waals surface area contributed by atoms with Crippen molar-refractivity contribution in [2.45, 2.75) is 26.8 Å². The monoisotopic (exact) mass is 221 g/mol. The Morgan fingerprint density at radius 3 is 2.56 bits per heavy atom. The van der Waals surface area contributed by atoms with Crippen molar-refractivity contribution >= 4 is 0 Å². The van der Waals surface area contributed by atoms with Crippen LogP contribution in [0.25, 0.3) is 0 Å². The van der Waals surface area contributed by atoms with Crippen LogP contribution in [0.5, 0.6) is 0 Å². The molecule has 3 heteroatoms. The van der Waals surface area contributed by atoms with Crippen LogP contribution in [-0.4, -0.2) is 30.0 Å². The number of hydrogen-bond acceptors (Lipinski definition) is 3. The Hall–Kier alpha value is -0.930. The van der Waals surface area contributed by atoms with Gasteiger partial charge in [-0.3, -0.25) is 9.88 Å². The van der Waals surface area contributed by atoms with Gasteiger partial charge in [0.2, 0.25) is 0 Å². The number of nitrogens with two attached hydrogens (primary N) is 1. The fourth-order valence-electron chi connectivity index (χ4n) is 2.00. The number of likely N-dealkylation sites (N-methyl/N-ethyl adjacent to an activating group) is 1. The standard InChI is InChI=1S/C13H23N3/c1-13(2,3)10-16(4)12(8-14)11-6-5-7-15-9-11/h5-7,9,12H,8,10,14H2,1-4H3. The van der Waals surface area contributed by atoms with Crippen molar-refractivity contribution in [3.63, 3.8) is 0 Å². The van der Waals surface area contributed by atoms with Crippen molar-refractivity contribution in [2.24, 2.45) is 11.1 Å². The summed E-state index contributed by atoms with van der Waals surface area (Å²) >= 11 is 0. The van der Waals surface area contributed by atoms with E-state index in [-0.39, 0.29) is 11.5 Å². The zero-order valence-electron chi connectivity index (χ0n) is 10.8. The molecule has 16 heavy (non-hydrogen) atoms. The zero-order valence-corrected chi connectivity index (χ0v) is 10.8. The molecule has 1 aromatic heterocycles. The van der Waals surface area contributed by atoms with Gasteiger partial charge >= 0.3 is 0 Å². The molecule has 0 radical (unpaired) electrons. The molecule has 1 heterocycles. The fourth-order valence-corrected chi connectivity index (χ4v) is 2.00. The highest BCUT2D eigenvalue weighted by atomic mass is 15.1. The van der Waals surface area contributed by atoms with Crippen LogP contribution in [0, 0.1) is 5.41 Å². The van der Waals surface area contributed by atoms with Crippen LogP contribution in [0.15, 0.2) is 24.5 Å². The highest BCUT2D eigenvalue weighted by molar-refractivity contribution is 5.14. The molecule has 0 aliphatic rings. The van der Waals surface area contributed by atoms with Gasteiger partial charge in [0.15, 0.2) is 0 Å². The number of hydrogen-bond donors (Lipinski definition) is 1. The summed E-state index contributed by atoms with van der Waals surface area (Å²) in [6.07, 6.45) is 3.69. The molecule has 1 atom stereocenters. The average Bonchev–Trinajstić information content (AvgIpc) is 2.17. The third kappa shape index (κ3) is 3.91. The lowest BCUT2D eigenvalue weighted by Crippen LogP contribution is -2.36. The summed E-state index contributed by atoms with van der Waals surface area (Å²) in [5.41, 5.74) is 7.33. The second-order valence-corrected chi connectivity index (χ2v) is 5.51. The van der Waals surface area contributed by atoms with Gasteiger partial charge in [-0.05, 0) is 24.1 Å². The molecule has 0 fully saturated rings. The largest absolute Gasteiger partial charge is 0.329 e. The Bertz CT molecular complexity index is 303. The van der Waals surface area contributed by atoms with Gasteiger partial charge in [0.25, 0.3) is 0 Å². The molecule has 2 N–H and O–H groups in total. The van der Waals surface area contributed by atoms with Crippen molar-refractivity contribution in [3.8, 4) is 0 Å². The van der Waals surface area contributed by atoms with E-state index in [4.69, 9.17) is 5.73 Å². The highest BCUT2D eigenvalue weighted by Gasteiger charge is 2.20. The molecule has 3 nitrogen and oxygen atoms in total. The van der Waals surface area contributed by atoms with Crippen molar-refractivity contribution in [3.05, 3.63) is 30.1 Å². The minimum absolute atomic E-state index is 0.257. The third-order valence-corrected chi connectivity index (χ3v) is 2.55. The van der Waals surface area contributed by atoms with Crippen LogP contribution in [0.2, 0.25) is 0 Å². The molecular formula is C13H23N3. The van der Waals surface area contributed by atoms with Gasteiger partial charge in [0.1, 0.15) is 0 Å². The van der Waals surface area contributed by atoms with E-state index in [1.807, 2.05) is 12.3 Å². The Labute approximate surface area is 98.7 Å². The average molecular weight is 221 g/mol.